The lowest BCUT2D eigenvalue weighted by molar-refractivity contribution is -0.116. The van der Waals surface area contributed by atoms with E-state index in [2.05, 4.69) is 41.5 Å². The molecule has 18 heavy (non-hydrogen) atoms. The highest BCUT2D eigenvalue weighted by Gasteiger charge is 2.03. The number of rotatable bonds is 5. The zero-order valence-electron chi connectivity index (χ0n) is 10.8. The Morgan fingerprint density at radius 2 is 2.00 bits per heavy atom. The van der Waals surface area contributed by atoms with E-state index < -0.39 is 0 Å². The molecule has 4 heteroatoms. The molecule has 0 unspecified atom stereocenters. The van der Waals surface area contributed by atoms with Gasteiger partial charge in [-0.2, -0.15) is 0 Å². The van der Waals surface area contributed by atoms with Crippen molar-refractivity contribution in [3.8, 4) is 0 Å². The third-order valence-corrected chi connectivity index (χ3v) is 2.78. The lowest BCUT2D eigenvalue weighted by Gasteiger charge is -2.01. The van der Waals surface area contributed by atoms with Crippen LogP contribution in [0.1, 0.15) is 30.2 Å². The SMILES string of the molecule is CC(=O)CCc1cn(Cc2ccc(C)cc2)nn1. The highest BCUT2D eigenvalue weighted by molar-refractivity contribution is 5.75. The number of hydrogen-bond acceptors (Lipinski definition) is 3. The van der Waals surface area contributed by atoms with Crippen LogP contribution in [0.5, 0.6) is 0 Å². The summed E-state index contributed by atoms with van der Waals surface area (Å²) in [7, 11) is 0. The summed E-state index contributed by atoms with van der Waals surface area (Å²) in [5.41, 5.74) is 3.32. The molecule has 0 saturated heterocycles. The average molecular weight is 243 g/mol. The fraction of sp³-hybridized carbons (Fsp3) is 0.357. The van der Waals surface area contributed by atoms with E-state index in [4.69, 9.17) is 0 Å². The minimum Gasteiger partial charge on any atom is -0.300 e. The molecule has 2 rings (SSSR count). The summed E-state index contributed by atoms with van der Waals surface area (Å²) in [6, 6.07) is 8.35. The summed E-state index contributed by atoms with van der Waals surface area (Å²) in [6.07, 6.45) is 3.11. The minimum atomic E-state index is 0.183. The topological polar surface area (TPSA) is 47.8 Å². The summed E-state index contributed by atoms with van der Waals surface area (Å²) in [6.45, 7) is 4.38. The molecule has 0 bridgehead atoms. The molecule has 0 aliphatic carbocycles. The van der Waals surface area contributed by atoms with Crippen LogP contribution < -0.4 is 0 Å². The van der Waals surface area contributed by atoms with Crippen molar-refractivity contribution in [3.63, 3.8) is 0 Å². The monoisotopic (exact) mass is 243 g/mol. The zero-order chi connectivity index (χ0) is 13.0. The van der Waals surface area contributed by atoms with Crippen LogP contribution in [0.15, 0.2) is 30.5 Å². The van der Waals surface area contributed by atoms with E-state index in [0.29, 0.717) is 19.4 Å². The van der Waals surface area contributed by atoms with Crippen molar-refractivity contribution < 1.29 is 4.79 Å². The first-order chi connectivity index (χ1) is 8.63. The van der Waals surface area contributed by atoms with Gasteiger partial charge in [0, 0.05) is 12.6 Å². The van der Waals surface area contributed by atoms with Crippen LogP contribution in [-0.4, -0.2) is 20.8 Å². The van der Waals surface area contributed by atoms with E-state index in [-0.39, 0.29) is 5.78 Å². The van der Waals surface area contributed by atoms with E-state index in [1.807, 2.05) is 6.20 Å². The number of carbonyl (C=O) groups is 1. The van der Waals surface area contributed by atoms with Crippen molar-refractivity contribution in [2.24, 2.45) is 0 Å². The third kappa shape index (κ3) is 3.52. The zero-order valence-corrected chi connectivity index (χ0v) is 10.8. The van der Waals surface area contributed by atoms with Crippen molar-refractivity contribution in [3.05, 3.63) is 47.3 Å². The lowest BCUT2D eigenvalue weighted by atomic mass is 10.1. The second-order valence-corrected chi connectivity index (χ2v) is 4.60. The maximum atomic E-state index is 10.9. The van der Waals surface area contributed by atoms with Crippen LogP contribution >= 0.6 is 0 Å². The Morgan fingerprint density at radius 3 is 2.67 bits per heavy atom. The molecular weight excluding hydrogens is 226 g/mol. The lowest BCUT2D eigenvalue weighted by Crippen LogP contribution is -2.00. The van der Waals surface area contributed by atoms with Crippen LogP contribution in [0, 0.1) is 6.92 Å². The van der Waals surface area contributed by atoms with Crippen LogP contribution in [0.4, 0.5) is 0 Å². The first kappa shape index (κ1) is 12.5. The number of aromatic nitrogens is 3. The van der Waals surface area contributed by atoms with Crippen molar-refractivity contribution >= 4 is 5.78 Å². The molecule has 1 aromatic carbocycles. The van der Waals surface area contributed by atoms with Gasteiger partial charge in [0.15, 0.2) is 0 Å². The van der Waals surface area contributed by atoms with Gasteiger partial charge in [0.05, 0.1) is 12.2 Å². The van der Waals surface area contributed by atoms with E-state index in [1.54, 1.807) is 11.6 Å². The quantitative estimate of drug-likeness (QED) is 0.808. The molecule has 0 aliphatic rings. The average Bonchev–Trinajstić information content (AvgIpc) is 2.77. The molecule has 0 fully saturated rings. The third-order valence-electron chi connectivity index (χ3n) is 2.78. The molecule has 1 aromatic heterocycles. The molecule has 0 amide bonds. The number of aryl methyl sites for hydroxylation is 2. The van der Waals surface area contributed by atoms with Crippen molar-refractivity contribution in [1.29, 1.82) is 0 Å². The van der Waals surface area contributed by atoms with E-state index in [0.717, 1.165) is 5.69 Å². The Morgan fingerprint density at radius 1 is 1.28 bits per heavy atom. The molecule has 0 aliphatic heterocycles. The highest BCUT2D eigenvalue weighted by Crippen LogP contribution is 2.06. The Kier molecular flexibility index (Phi) is 3.87. The number of Topliss-reactive ketones (excluding diaryl/α,β-unsaturated/α-hetero) is 1. The van der Waals surface area contributed by atoms with Gasteiger partial charge in [0.2, 0.25) is 0 Å². The Balaban J connectivity index is 1.97. The van der Waals surface area contributed by atoms with Crippen molar-refractivity contribution in [2.75, 3.05) is 0 Å². The van der Waals surface area contributed by atoms with Crippen molar-refractivity contribution in [1.82, 2.24) is 15.0 Å². The molecule has 0 atom stereocenters. The minimum absolute atomic E-state index is 0.183. The maximum Gasteiger partial charge on any atom is 0.130 e. The predicted molar refractivity (Wildman–Crippen MR) is 69.3 cm³/mol. The van der Waals surface area contributed by atoms with Gasteiger partial charge in [0.25, 0.3) is 0 Å². The molecule has 1 heterocycles. The fourth-order valence-corrected chi connectivity index (χ4v) is 1.72. The van der Waals surface area contributed by atoms with Gasteiger partial charge in [-0.05, 0) is 25.8 Å². The van der Waals surface area contributed by atoms with Gasteiger partial charge in [-0.15, -0.1) is 5.10 Å². The maximum absolute atomic E-state index is 10.9. The first-order valence-electron chi connectivity index (χ1n) is 6.07. The Labute approximate surface area is 107 Å². The standard InChI is InChI=1S/C14H17N3O/c1-11-3-6-13(7-4-11)9-17-10-14(15-16-17)8-5-12(2)18/h3-4,6-7,10H,5,8-9H2,1-2H3. The second-order valence-electron chi connectivity index (χ2n) is 4.60. The number of benzene rings is 1. The summed E-state index contributed by atoms with van der Waals surface area (Å²) in [5.74, 6) is 0.183. The van der Waals surface area contributed by atoms with Gasteiger partial charge < -0.3 is 4.79 Å². The molecule has 0 radical (unpaired) electrons. The summed E-state index contributed by atoms with van der Waals surface area (Å²) in [4.78, 5) is 10.9. The smallest absolute Gasteiger partial charge is 0.130 e. The summed E-state index contributed by atoms with van der Waals surface area (Å²) in [5, 5.41) is 8.13. The van der Waals surface area contributed by atoms with Gasteiger partial charge in [-0.25, -0.2) is 4.68 Å². The summed E-state index contributed by atoms with van der Waals surface area (Å²) >= 11 is 0. The number of nitrogens with zero attached hydrogens (tertiary/aromatic N) is 3. The molecule has 0 spiro atoms. The molecule has 4 nitrogen and oxygen atoms in total. The predicted octanol–water partition coefficient (Wildman–Crippen LogP) is 2.16. The van der Waals surface area contributed by atoms with Crippen LogP contribution in [0.25, 0.3) is 0 Å². The number of carbonyl (C=O) groups excluding carboxylic acids is 1. The van der Waals surface area contributed by atoms with E-state index >= 15 is 0 Å². The molecule has 0 N–H and O–H groups in total. The molecule has 2 aromatic rings. The van der Waals surface area contributed by atoms with Gasteiger partial charge in [0.1, 0.15) is 5.78 Å². The van der Waals surface area contributed by atoms with Crippen molar-refractivity contribution in [2.45, 2.75) is 33.2 Å². The number of hydrogen-bond donors (Lipinski definition) is 0. The largest absolute Gasteiger partial charge is 0.300 e. The Hall–Kier alpha value is -1.97. The molecule has 94 valence electrons. The van der Waals surface area contributed by atoms with Gasteiger partial charge in [-0.1, -0.05) is 35.0 Å². The second kappa shape index (κ2) is 5.58. The first-order valence-corrected chi connectivity index (χ1v) is 6.07. The number of ketones is 1. The molecule has 0 saturated carbocycles. The van der Waals surface area contributed by atoms with Crippen LogP contribution in [-0.2, 0) is 17.8 Å². The molecular formula is C14H17N3O. The van der Waals surface area contributed by atoms with E-state index in [1.165, 1.54) is 11.1 Å². The summed E-state index contributed by atoms with van der Waals surface area (Å²) < 4.78 is 1.81. The normalized spacial score (nSPS) is 10.6. The van der Waals surface area contributed by atoms with E-state index in [9.17, 15) is 4.79 Å². The van der Waals surface area contributed by atoms with Crippen LogP contribution in [0.2, 0.25) is 0 Å². The Bertz CT molecular complexity index is 528. The fourth-order valence-electron chi connectivity index (χ4n) is 1.72. The van der Waals surface area contributed by atoms with Gasteiger partial charge in [-0.3, -0.25) is 0 Å². The van der Waals surface area contributed by atoms with Gasteiger partial charge >= 0.3 is 0 Å². The van der Waals surface area contributed by atoms with Crippen LogP contribution in [0.3, 0.4) is 0 Å². The highest BCUT2D eigenvalue weighted by atomic mass is 16.1.